The minimum atomic E-state index is 0.153. The highest BCUT2D eigenvalue weighted by Crippen LogP contribution is 2.07. The fraction of sp³-hybridized carbons (Fsp3) is 0.824. The van der Waals surface area contributed by atoms with Crippen molar-refractivity contribution >= 4 is 5.91 Å². The van der Waals surface area contributed by atoms with Crippen LogP contribution in [-0.4, -0.2) is 44.1 Å². The molecule has 0 aromatic heterocycles. The van der Waals surface area contributed by atoms with Gasteiger partial charge in [-0.05, 0) is 12.5 Å². The molecular weight excluding hydrogens is 248 g/mol. The molecule has 0 atom stereocenters. The standard InChI is InChI=1S/C17H34N2O/c1-5-7-8-9-10-11-12-13-14-18-17(20)16-19(3,4)15-6-2/h6H,2,5,7-16H2,1,3-4H3/p+1. The molecule has 0 aliphatic carbocycles. The van der Waals surface area contributed by atoms with Crippen LogP contribution in [0.4, 0.5) is 0 Å². The number of nitrogens with zero attached hydrogens (tertiary/aromatic N) is 1. The first-order valence-corrected chi connectivity index (χ1v) is 8.21. The van der Waals surface area contributed by atoms with Crippen LogP contribution in [0.2, 0.25) is 0 Å². The summed E-state index contributed by atoms with van der Waals surface area (Å²) in [7, 11) is 4.11. The normalized spacial score (nSPS) is 11.3. The van der Waals surface area contributed by atoms with Crippen LogP contribution in [0.5, 0.6) is 0 Å². The van der Waals surface area contributed by atoms with Crippen LogP contribution in [0.1, 0.15) is 58.3 Å². The highest BCUT2D eigenvalue weighted by atomic mass is 16.2. The molecule has 3 heteroatoms. The summed E-state index contributed by atoms with van der Waals surface area (Å²) in [5, 5.41) is 3.02. The van der Waals surface area contributed by atoms with Gasteiger partial charge in [0.1, 0.15) is 0 Å². The molecule has 0 rings (SSSR count). The molecule has 0 saturated carbocycles. The monoisotopic (exact) mass is 283 g/mol. The van der Waals surface area contributed by atoms with Crippen molar-refractivity contribution in [3.05, 3.63) is 12.7 Å². The van der Waals surface area contributed by atoms with Gasteiger partial charge in [-0.15, -0.1) is 0 Å². The van der Waals surface area contributed by atoms with Crippen LogP contribution in [0.25, 0.3) is 0 Å². The second-order valence-electron chi connectivity index (χ2n) is 6.39. The first-order valence-electron chi connectivity index (χ1n) is 8.21. The van der Waals surface area contributed by atoms with E-state index >= 15 is 0 Å². The van der Waals surface area contributed by atoms with Crippen molar-refractivity contribution in [2.75, 3.05) is 33.7 Å². The summed E-state index contributed by atoms with van der Waals surface area (Å²) in [4.78, 5) is 11.8. The van der Waals surface area contributed by atoms with Gasteiger partial charge in [0.2, 0.25) is 0 Å². The maximum atomic E-state index is 11.8. The van der Waals surface area contributed by atoms with Crippen molar-refractivity contribution < 1.29 is 9.28 Å². The summed E-state index contributed by atoms with van der Waals surface area (Å²) in [6.07, 6.45) is 12.3. The number of likely N-dealkylation sites (N-methyl/N-ethyl adjacent to an activating group) is 1. The number of quaternary nitrogens is 1. The van der Waals surface area contributed by atoms with Crippen molar-refractivity contribution in [1.82, 2.24) is 5.32 Å². The molecule has 0 aliphatic rings. The van der Waals surface area contributed by atoms with Gasteiger partial charge >= 0.3 is 0 Å². The van der Waals surface area contributed by atoms with Gasteiger partial charge in [-0.3, -0.25) is 4.79 Å². The third-order valence-corrected chi connectivity index (χ3v) is 3.55. The number of unbranched alkanes of at least 4 members (excludes halogenated alkanes) is 7. The molecule has 0 fully saturated rings. The first-order chi connectivity index (χ1) is 9.52. The Morgan fingerprint density at radius 1 is 1.05 bits per heavy atom. The van der Waals surface area contributed by atoms with Crippen molar-refractivity contribution in [2.24, 2.45) is 0 Å². The minimum absolute atomic E-state index is 0.153. The Kier molecular flexibility index (Phi) is 11.5. The van der Waals surface area contributed by atoms with Crippen LogP contribution < -0.4 is 5.32 Å². The lowest BCUT2D eigenvalue weighted by Gasteiger charge is -2.27. The molecule has 0 aromatic rings. The van der Waals surface area contributed by atoms with E-state index in [0.717, 1.165) is 19.5 Å². The molecule has 0 aromatic carbocycles. The Labute approximate surface area is 126 Å². The van der Waals surface area contributed by atoms with E-state index < -0.39 is 0 Å². The second kappa shape index (κ2) is 12.0. The van der Waals surface area contributed by atoms with Gasteiger partial charge in [0.15, 0.2) is 6.54 Å². The molecule has 0 saturated heterocycles. The molecule has 1 amide bonds. The van der Waals surface area contributed by atoms with E-state index in [-0.39, 0.29) is 5.91 Å². The van der Waals surface area contributed by atoms with Crippen molar-refractivity contribution in [3.8, 4) is 0 Å². The first kappa shape index (κ1) is 19.2. The lowest BCUT2D eigenvalue weighted by molar-refractivity contribution is -0.876. The number of amides is 1. The van der Waals surface area contributed by atoms with E-state index in [0.29, 0.717) is 11.0 Å². The van der Waals surface area contributed by atoms with E-state index in [4.69, 9.17) is 0 Å². The highest BCUT2D eigenvalue weighted by Gasteiger charge is 2.17. The van der Waals surface area contributed by atoms with Crippen molar-refractivity contribution in [3.63, 3.8) is 0 Å². The Morgan fingerprint density at radius 3 is 2.15 bits per heavy atom. The predicted octanol–water partition coefficient (Wildman–Crippen LogP) is 3.51. The molecule has 0 unspecified atom stereocenters. The van der Waals surface area contributed by atoms with E-state index in [9.17, 15) is 4.79 Å². The second-order valence-corrected chi connectivity index (χ2v) is 6.39. The maximum Gasteiger partial charge on any atom is 0.275 e. The molecule has 0 heterocycles. The topological polar surface area (TPSA) is 29.1 Å². The molecule has 0 radical (unpaired) electrons. The molecular formula is C17H35N2O+. The SMILES string of the molecule is C=CC[N+](C)(C)CC(=O)NCCCCCCCCCC. The Balaban J connectivity index is 3.42. The van der Waals surface area contributed by atoms with Gasteiger partial charge in [-0.2, -0.15) is 0 Å². The zero-order valence-corrected chi connectivity index (χ0v) is 13.9. The average Bonchev–Trinajstić information content (AvgIpc) is 2.36. The molecule has 118 valence electrons. The molecule has 3 nitrogen and oxygen atoms in total. The van der Waals surface area contributed by atoms with Crippen LogP contribution >= 0.6 is 0 Å². The molecule has 0 aliphatic heterocycles. The van der Waals surface area contributed by atoms with Gasteiger partial charge in [-0.1, -0.05) is 58.4 Å². The fourth-order valence-electron chi connectivity index (χ4n) is 2.35. The number of hydrogen-bond acceptors (Lipinski definition) is 1. The highest BCUT2D eigenvalue weighted by molar-refractivity contribution is 5.77. The average molecular weight is 283 g/mol. The van der Waals surface area contributed by atoms with E-state index in [1.165, 1.54) is 44.9 Å². The smallest absolute Gasteiger partial charge is 0.275 e. The lowest BCUT2D eigenvalue weighted by atomic mass is 10.1. The number of nitrogens with one attached hydrogen (secondary N) is 1. The number of carbonyl (C=O) groups is 1. The lowest BCUT2D eigenvalue weighted by Crippen LogP contribution is -2.47. The summed E-state index contributed by atoms with van der Waals surface area (Å²) in [6.45, 7) is 8.15. The van der Waals surface area contributed by atoms with Crippen LogP contribution in [0, 0.1) is 0 Å². The third kappa shape index (κ3) is 12.2. The van der Waals surface area contributed by atoms with Gasteiger partial charge in [0.05, 0.1) is 20.6 Å². The Morgan fingerprint density at radius 2 is 1.60 bits per heavy atom. The predicted molar refractivity (Wildman–Crippen MR) is 87.7 cm³/mol. The summed E-state index contributed by atoms with van der Waals surface area (Å²) < 4.78 is 0.673. The van der Waals surface area contributed by atoms with E-state index in [2.05, 4.69) is 32.9 Å². The zero-order chi connectivity index (χ0) is 15.3. The minimum Gasteiger partial charge on any atom is -0.351 e. The van der Waals surface area contributed by atoms with E-state index in [1.54, 1.807) is 0 Å². The van der Waals surface area contributed by atoms with Crippen LogP contribution in [-0.2, 0) is 4.79 Å². The van der Waals surface area contributed by atoms with Crippen molar-refractivity contribution in [2.45, 2.75) is 58.3 Å². The van der Waals surface area contributed by atoms with Crippen LogP contribution in [0.3, 0.4) is 0 Å². The summed E-state index contributed by atoms with van der Waals surface area (Å²) in [5.41, 5.74) is 0. The van der Waals surface area contributed by atoms with E-state index in [1.807, 2.05) is 6.08 Å². The summed E-state index contributed by atoms with van der Waals surface area (Å²) >= 11 is 0. The summed E-state index contributed by atoms with van der Waals surface area (Å²) in [6, 6.07) is 0. The zero-order valence-electron chi connectivity index (χ0n) is 13.9. The number of rotatable bonds is 13. The molecule has 0 spiro atoms. The van der Waals surface area contributed by atoms with Crippen LogP contribution in [0.15, 0.2) is 12.7 Å². The molecule has 0 bridgehead atoms. The largest absolute Gasteiger partial charge is 0.351 e. The van der Waals surface area contributed by atoms with Gasteiger partial charge < -0.3 is 9.80 Å². The van der Waals surface area contributed by atoms with Gasteiger partial charge in [0, 0.05) is 6.54 Å². The quantitative estimate of drug-likeness (QED) is 0.313. The number of carbonyl (C=O) groups excluding carboxylic acids is 1. The molecule has 1 N–H and O–H groups in total. The summed E-state index contributed by atoms with van der Waals surface area (Å²) in [5.74, 6) is 0.153. The maximum absolute atomic E-state index is 11.8. The Bertz CT molecular complexity index is 262. The van der Waals surface area contributed by atoms with Crippen molar-refractivity contribution in [1.29, 1.82) is 0 Å². The molecule has 20 heavy (non-hydrogen) atoms. The Hall–Kier alpha value is -0.830. The van der Waals surface area contributed by atoms with Gasteiger partial charge in [0.25, 0.3) is 5.91 Å². The third-order valence-electron chi connectivity index (χ3n) is 3.55. The fourth-order valence-corrected chi connectivity index (χ4v) is 2.35. The van der Waals surface area contributed by atoms with Gasteiger partial charge in [-0.25, -0.2) is 0 Å². The number of hydrogen-bond donors (Lipinski definition) is 1.